The minimum absolute atomic E-state index is 0.449. The Balaban J connectivity index is 1.86. The summed E-state index contributed by atoms with van der Waals surface area (Å²) in [6, 6.07) is 7.45. The zero-order valence-electron chi connectivity index (χ0n) is 9.15. The first-order valence-electron chi connectivity index (χ1n) is 5.57. The maximum atomic E-state index is 8.72. The van der Waals surface area contributed by atoms with E-state index < -0.39 is 0 Å². The molecule has 4 heteroatoms. The van der Waals surface area contributed by atoms with Crippen LogP contribution in [0.2, 0.25) is 0 Å². The van der Waals surface area contributed by atoms with Crippen LogP contribution in [-0.4, -0.2) is 24.7 Å². The molecule has 1 aliphatic rings. The second-order valence-electron chi connectivity index (χ2n) is 3.98. The summed E-state index contributed by atoms with van der Waals surface area (Å²) in [4.78, 5) is 4.16. The van der Waals surface area contributed by atoms with Crippen molar-refractivity contribution in [1.29, 1.82) is 5.26 Å². The lowest BCUT2D eigenvalue weighted by atomic mass is 10.0. The summed E-state index contributed by atoms with van der Waals surface area (Å²) in [5.41, 5.74) is 0.449. The SMILES string of the molecule is N#Cc1cccc(NCC2CCCOC2)n1. The van der Waals surface area contributed by atoms with Crippen LogP contribution in [0.3, 0.4) is 0 Å². The number of hydrogen-bond donors (Lipinski definition) is 1. The topological polar surface area (TPSA) is 57.9 Å². The van der Waals surface area contributed by atoms with Crippen molar-refractivity contribution in [3.63, 3.8) is 0 Å². The second kappa shape index (κ2) is 5.47. The molecule has 1 aliphatic heterocycles. The fourth-order valence-electron chi connectivity index (χ4n) is 1.81. The van der Waals surface area contributed by atoms with Crippen LogP contribution < -0.4 is 5.32 Å². The van der Waals surface area contributed by atoms with Crippen molar-refractivity contribution in [2.75, 3.05) is 25.1 Å². The Hall–Kier alpha value is -1.60. The summed E-state index contributed by atoms with van der Waals surface area (Å²) in [7, 11) is 0. The molecule has 1 N–H and O–H groups in total. The summed E-state index contributed by atoms with van der Waals surface area (Å²) >= 11 is 0. The van der Waals surface area contributed by atoms with Gasteiger partial charge in [-0.25, -0.2) is 4.98 Å². The molecular weight excluding hydrogens is 202 g/mol. The Morgan fingerprint density at radius 3 is 3.25 bits per heavy atom. The molecule has 1 aromatic heterocycles. The lowest BCUT2D eigenvalue weighted by Gasteiger charge is -2.22. The molecule has 1 unspecified atom stereocenters. The molecule has 4 nitrogen and oxygen atoms in total. The average molecular weight is 217 g/mol. The van der Waals surface area contributed by atoms with Gasteiger partial charge in [-0.2, -0.15) is 5.26 Å². The number of hydrogen-bond acceptors (Lipinski definition) is 4. The minimum atomic E-state index is 0.449. The van der Waals surface area contributed by atoms with E-state index in [-0.39, 0.29) is 0 Å². The van der Waals surface area contributed by atoms with Crippen molar-refractivity contribution in [2.45, 2.75) is 12.8 Å². The smallest absolute Gasteiger partial charge is 0.142 e. The maximum absolute atomic E-state index is 8.72. The molecule has 0 aromatic carbocycles. The average Bonchev–Trinajstić information content (AvgIpc) is 2.38. The van der Waals surface area contributed by atoms with E-state index in [0.29, 0.717) is 11.6 Å². The highest BCUT2D eigenvalue weighted by atomic mass is 16.5. The van der Waals surface area contributed by atoms with Gasteiger partial charge in [-0.1, -0.05) is 6.07 Å². The largest absolute Gasteiger partial charge is 0.381 e. The van der Waals surface area contributed by atoms with Gasteiger partial charge in [-0.3, -0.25) is 0 Å². The van der Waals surface area contributed by atoms with Crippen LogP contribution in [-0.2, 0) is 4.74 Å². The standard InChI is InChI=1S/C12H15N3O/c13-7-11-4-1-5-12(15-11)14-8-10-3-2-6-16-9-10/h1,4-5,10H,2-3,6,8-9H2,(H,14,15). The Bertz CT molecular complexity index is 380. The van der Waals surface area contributed by atoms with E-state index >= 15 is 0 Å². The second-order valence-corrected chi connectivity index (χ2v) is 3.98. The van der Waals surface area contributed by atoms with Gasteiger partial charge < -0.3 is 10.1 Å². The van der Waals surface area contributed by atoms with E-state index in [1.807, 2.05) is 18.2 Å². The van der Waals surface area contributed by atoms with Crippen molar-refractivity contribution in [3.05, 3.63) is 23.9 Å². The predicted molar refractivity (Wildman–Crippen MR) is 61.0 cm³/mol. The molecular formula is C12H15N3O. The van der Waals surface area contributed by atoms with Crippen molar-refractivity contribution < 1.29 is 4.74 Å². The van der Waals surface area contributed by atoms with E-state index in [2.05, 4.69) is 10.3 Å². The maximum Gasteiger partial charge on any atom is 0.142 e. The van der Waals surface area contributed by atoms with Gasteiger partial charge in [0.2, 0.25) is 0 Å². The molecule has 1 fully saturated rings. The Morgan fingerprint density at radius 1 is 1.56 bits per heavy atom. The van der Waals surface area contributed by atoms with Crippen LogP contribution in [0.25, 0.3) is 0 Å². The summed E-state index contributed by atoms with van der Waals surface area (Å²) in [6.07, 6.45) is 2.34. The number of pyridine rings is 1. The van der Waals surface area contributed by atoms with E-state index in [1.165, 1.54) is 6.42 Å². The third kappa shape index (κ3) is 2.94. The van der Waals surface area contributed by atoms with Crippen LogP contribution in [0.15, 0.2) is 18.2 Å². The van der Waals surface area contributed by atoms with Gasteiger partial charge in [0.25, 0.3) is 0 Å². The fourth-order valence-corrected chi connectivity index (χ4v) is 1.81. The van der Waals surface area contributed by atoms with E-state index in [9.17, 15) is 0 Å². The molecule has 0 aliphatic carbocycles. The van der Waals surface area contributed by atoms with Crippen molar-refractivity contribution in [3.8, 4) is 6.07 Å². The van der Waals surface area contributed by atoms with Crippen molar-refractivity contribution >= 4 is 5.82 Å². The normalized spacial score (nSPS) is 20.1. The molecule has 0 radical (unpaired) electrons. The number of anilines is 1. The zero-order chi connectivity index (χ0) is 11.2. The van der Waals surface area contributed by atoms with Gasteiger partial charge in [0, 0.05) is 13.2 Å². The van der Waals surface area contributed by atoms with Crippen LogP contribution in [0, 0.1) is 17.2 Å². The summed E-state index contributed by atoms with van der Waals surface area (Å²) in [5, 5.41) is 12.0. The number of nitrogens with zero attached hydrogens (tertiary/aromatic N) is 2. The quantitative estimate of drug-likeness (QED) is 0.838. The van der Waals surface area contributed by atoms with Gasteiger partial charge in [0.1, 0.15) is 17.6 Å². The molecule has 0 spiro atoms. The van der Waals surface area contributed by atoms with Crippen LogP contribution >= 0.6 is 0 Å². The minimum Gasteiger partial charge on any atom is -0.381 e. The number of nitrogens with one attached hydrogen (secondary N) is 1. The summed E-state index contributed by atoms with van der Waals surface area (Å²) in [6.45, 7) is 2.57. The van der Waals surface area contributed by atoms with Crippen molar-refractivity contribution in [1.82, 2.24) is 4.98 Å². The zero-order valence-corrected chi connectivity index (χ0v) is 9.15. The third-order valence-electron chi connectivity index (χ3n) is 2.69. The first-order chi connectivity index (χ1) is 7.88. The van der Waals surface area contributed by atoms with Gasteiger partial charge in [0.15, 0.2) is 0 Å². The van der Waals surface area contributed by atoms with E-state index in [0.717, 1.165) is 32.0 Å². The first-order valence-corrected chi connectivity index (χ1v) is 5.57. The molecule has 16 heavy (non-hydrogen) atoms. The van der Waals surface area contributed by atoms with E-state index in [1.54, 1.807) is 6.07 Å². The number of ether oxygens (including phenoxy) is 1. The molecule has 2 rings (SSSR count). The van der Waals surface area contributed by atoms with Crippen molar-refractivity contribution in [2.24, 2.45) is 5.92 Å². The lowest BCUT2D eigenvalue weighted by molar-refractivity contribution is 0.0595. The molecule has 1 atom stereocenters. The summed E-state index contributed by atoms with van der Waals surface area (Å²) < 4.78 is 5.40. The summed E-state index contributed by atoms with van der Waals surface area (Å²) in [5.74, 6) is 1.32. The molecule has 0 saturated carbocycles. The van der Waals surface area contributed by atoms with Crippen LogP contribution in [0.4, 0.5) is 5.82 Å². The Kier molecular flexibility index (Phi) is 3.73. The Labute approximate surface area is 95.3 Å². The fraction of sp³-hybridized carbons (Fsp3) is 0.500. The highest BCUT2D eigenvalue weighted by Crippen LogP contribution is 2.14. The lowest BCUT2D eigenvalue weighted by Crippen LogP contribution is -2.24. The molecule has 0 bridgehead atoms. The van der Waals surface area contributed by atoms with E-state index in [4.69, 9.17) is 10.00 Å². The van der Waals surface area contributed by atoms with Crippen LogP contribution in [0.1, 0.15) is 18.5 Å². The van der Waals surface area contributed by atoms with Gasteiger partial charge >= 0.3 is 0 Å². The number of nitriles is 1. The van der Waals surface area contributed by atoms with Crippen LogP contribution in [0.5, 0.6) is 0 Å². The first kappa shape index (κ1) is 10.9. The molecule has 2 heterocycles. The highest BCUT2D eigenvalue weighted by molar-refractivity contribution is 5.38. The monoisotopic (exact) mass is 217 g/mol. The molecule has 1 saturated heterocycles. The molecule has 84 valence electrons. The number of rotatable bonds is 3. The highest BCUT2D eigenvalue weighted by Gasteiger charge is 2.13. The van der Waals surface area contributed by atoms with Gasteiger partial charge in [-0.15, -0.1) is 0 Å². The van der Waals surface area contributed by atoms with Gasteiger partial charge in [-0.05, 0) is 30.9 Å². The predicted octanol–water partition coefficient (Wildman–Crippen LogP) is 1.79. The molecule has 0 amide bonds. The molecule has 1 aromatic rings. The third-order valence-corrected chi connectivity index (χ3v) is 2.69. The van der Waals surface area contributed by atoms with Gasteiger partial charge in [0.05, 0.1) is 6.61 Å². The number of aromatic nitrogens is 1. The Morgan fingerprint density at radius 2 is 2.50 bits per heavy atom.